The second-order valence-corrected chi connectivity index (χ2v) is 4.91. The maximum atomic E-state index is 11.4. The van der Waals surface area contributed by atoms with Crippen molar-refractivity contribution in [2.75, 3.05) is 6.54 Å². The molecule has 1 aromatic carbocycles. The number of rotatable bonds is 1. The molecular formula is C14H19NO2. The standard InChI is InChI=1S/C14H19NO2/c1-11-10-14(17,8-9-15(11)12(2)16)13-6-4-3-5-7-13/h3-7,11,17H,8-10H2,1-2H3. The first kappa shape index (κ1) is 12.1. The van der Waals surface area contributed by atoms with Crippen LogP contribution in [0.1, 0.15) is 32.3 Å². The van der Waals surface area contributed by atoms with Crippen LogP contribution in [-0.2, 0) is 10.4 Å². The van der Waals surface area contributed by atoms with Gasteiger partial charge in [-0.05, 0) is 18.9 Å². The Kier molecular flexibility index (Phi) is 3.20. The molecule has 1 fully saturated rings. The van der Waals surface area contributed by atoms with Crippen LogP contribution in [0.5, 0.6) is 0 Å². The molecule has 1 heterocycles. The molecule has 3 heteroatoms. The van der Waals surface area contributed by atoms with E-state index in [1.165, 1.54) is 0 Å². The van der Waals surface area contributed by atoms with Crippen LogP contribution in [0.3, 0.4) is 0 Å². The van der Waals surface area contributed by atoms with E-state index in [1.807, 2.05) is 42.2 Å². The summed E-state index contributed by atoms with van der Waals surface area (Å²) in [6, 6.07) is 9.82. The summed E-state index contributed by atoms with van der Waals surface area (Å²) in [7, 11) is 0. The van der Waals surface area contributed by atoms with Gasteiger partial charge in [-0.25, -0.2) is 0 Å². The zero-order valence-electron chi connectivity index (χ0n) is 10.4. The number of hydrogen-bond donors (Lipinski definition) is 1. The Hall–Kier alpha value is -1.35. The molecule has 1 aliphatic rings. The van der Waals surface area contributed by atoms with Gasteiger partial charge in [0, 0.05) is 25.9 Å². The topological polar surface area (TPSA) is 40.5 Å². The van der Waals surface area contributed by atoms with Gasteiger partial charge in [0.1, 0.15) is 0 Å². The summed E-state index contributed by atoms with van der Waals surface area (Å²) in [4.78, 5) is 13.2. The molecule has 92 valence electrons. The van der Waals surface area contributed by atoms with Gasteiger partial charge in [0.2, 0.25) is 5.91 Å². The van der Waals surface area contributed by atoms with Crippen molar-refractivity contribution in [1.82, 2.24) is 4.90 Å². The molecule has 1 saturated heterocycles. The second kappa shape index (κ2) is 4.49. The number of likely N-dealkylation sites (tertiary alicyclic amines) is 1. The zero-order valence-corrected chi connectivity index (χ0v) is 10.4. The number of carbonyl (C=O) groups is 1. The second-order valence-electron chi connectivity index (χ2n) is 4.91. The Labute approximate surface area is 102 Å². The fourth-order valence-corrected chi connectivity index (χ4v) is 2.71. The third-order valence-corrected chi connectivity index (χ3v) is 3.65. The lowest BCUT2D eigenvalue weighted by Crippen LogP contribution is -2.49. The van der Waals surface area contributed by atoms with Crippen LogP contribution in [0.4, 0.5) is 0 Å². The highest BCUT2D eigenvalue weighted by atomic mass is 16.3. The van der Waals surface area contributed by atoms with Crippen LogP contribution >= 0.6 is 0 Å². The minimum absolute atomic E-state index is 0.0893. The maximum Gasteiger partial charge on any atom is 0.219 e. The van der Waals surface area contributed by atoms with Gasteiger partial charge in [0.25, 0.3) is 0 Å². The Morgan fingerprint density at radius 3 is 2.59 bits per heavy atom. The zero-order chi connectivity index (χ0) is 12.5. The van der Waals surface area contributed by atoms with Gasteiger partial charge in [-0.15, -0.1) is 0 Å². The molecule has 0 saturated carbocycles. The molecule has 1 N–H and O–H groups in total. The number of aliphatic hydroxyl groups is 1. The highest BCUT2D eigenvalue weighted by Gasteiger charge is 2.38. The van der Waals surface area contributed by atoms with E-state index < -0.39 is 5.60 Å². The van der Waals surface area contributed by atoms with Crippen molar-refractivity contribution in [2.45, 2.75) is 38.3 Å². The molecule has 0 bridgehead atoms. The lowest BCUT2D eigenvalue weighted by molar-refractivity contribution is -0.137. The van der Waals surface area contributed by atoms with Gasteiger partial charge in [-0.2, -0.15) is 0 Å². The molecule has 0 aliphatic carbocycles. The smallest absolute Gasteiger partial charge is 0.219 e. The molecule has 2 atom stereocenters. The first-order valence-electron chi connectivity index (χ1n) is 6.08. The normalized spacial score (nSPS) is 29.1. The highest BCUT2D eigenvalue weighted by Crippen LogP contribution is 2.35. The van der Waals surface area contributed by atoms with Crippen molar-refractivity contribution >= 4 is 5.91 Å². The van der Waals surface area contributed by atoms with Crippen LogP contribution in [0.25, 0.3) is 0 Å². The van der Waals surface area contributed by atoms with Gasteiger partial charge < -0.3 is 10.0 Å². The van der Waals surface area contributed by atoms with Crippen LogP contribution in [0.2, 0.25) is 0 Å². The number of piperidine rings is 1. The average molecular weight is 233 g/mol. The van der Waals surface area contributed by atoms with Gasteiger partial charge in [0.05, 0.1) is 5.60 Å². The Morgan fingerprint density at radius 1 is 1.41 bits per heavy atom. The van der Waals surface area contributed by atoms with Crippen molar-refractivity contribution in [3.05, 3.63) is 35.9 Å². The summed E-state index contributed by atoms with van der Waals surface area (Å²) < 4.78 is 0. The Bertz CT molecular complexity index is 404. The van der Waals surface area contributed by atoms with E-state index in [4.69, 9.17) is 0 Å². The summed E-state index contributed by atoms with van der Waals surface area (Å²) in [6.07, 6.45) is 1.22. The molecule has 1 aromatic rings. The SMILES string of the molecule is CC(=O)N1CCC(O)(c2ccccc2)CC1C. The lowest BCUT2D eigenvalue weighted by atomic mass is 9.81. The molecule has 2 rings (SSSR count). The quantitative estimate of drug-likeness (QED) is 0.805. The largest absolute Gasteiger partial charge is 0.385 e. The number of amides is 1. The molecule has 0 radical (unpaired) electrons. The molecule has 17 heavy (non-hydrogen) atoms. The molecule has 1 aliphatic heterocycles. The Morgan fingerprint density at radius 2 is 2.06 bits per heavy atom. The van der Waals surface area contributed by atoms with Gasteiger partial charge in [-0.3, -0.25) is 4.79 Å². The van der Waals surface area contributed by atoms with E-state index >= 15 is 0 Å². The summed E-state index contributed by atoms with van der Waals surface area (Å²) in [5, 5.41) is 10.7. The van der Waals surface area contributed by atoms with Crippen molar-refractivity contribution in [3.63, 3.8) is 0 Å². The van der Waals surface area contributed by atoms with Crippen molar-refractivity contribution in [3.8, 4) is 0 Å². The molecule has 1 amide bonds. The minimum atomic E-state index is -0.785. The third kappa shape index (κ3) is 2.34. The predicted octanol–water partition coefficient (Wildman–Crippen LogP) is 1.91. The number of hydrogen-bond acceptors (Lipinski definition) is 2. The fraction of sp³-hybridized carbons (Fsp3) is 0.500. The van der Waals surface area contributed by atoms with Crippen molar-refractivity contribution in [1.29, 1.82) is 0 Å². The third-order valence-electron chi connectivity index (χ3n) is 3.65. The molecule has 0 aromatic heterocycles. The van der Waals surface area contributed by atoms with E-state index in [0.29, 0.717) is 19.4 Å². The van der Waals surface area contributed by atoms with Gasteiger partial charge in [0.15, 0.2) is 0 Å². The van der Waals surface area contributed by atoms with Crippen LogP contribution in [-0.4, -0.2) is 28.5 Å². The Balaban J connectivity index is 2.18. The van der Waals surface area contributed by atoms with Crippen molar-refractivity contribution < 1.29 is 9.90 Å². The number of nitrogens with zero attached hydrogens (tertiary/aromatic N) is 1. The lowest BCUT2D eigenvalue weighted by Gasteiger charge is -2.42. The van der Waals surface area contributed by atoms with Gasteiger partial charge >= 0.3 is 0 Å². The first-order valence-corrected chi connectivity index (χ1v) is 6.08. The molecular weight excluding hydrogens is 214 g/mol. The van der Waals surface area contributed by atoms with E-state index in [-0.39, 0.29) is 11.9 Å². The van der Waals surface area contributed by atoms with E-state index in [2.05, 4.69) is 0 Å². The summed E-state index contributed by atoms with van der Waals surface area (Å²) in [5.74, 6) is 0.0904. The van der Waals surface area contributed by atoms with Crippen LogP contribution in [0.15, 0.2) is 30.3 Å². The number of benzene rings is 1. The summed E-state index contributed by atoms with van der Waals surface area (Å²) in [5.41, 5.74) is 0.169. The number of carbonyl (C=O) groups excluding carboxylic acids is 1. The molecule has 2 unspecified atom stereocenters. The summed E-state index contributed by atoms with van der Waals surface area (Å²) in [6.45, 7) is 4.21. The maximum absolute atomic E-state index is 11.4. The monoisotopic (exact) mass is 233 g/mol. The highest BCUT2D eigenvalue weighted by molar-refractivity contribution is 5.73. The van der Waals surface area contributed by atoms with E-state index in [0.717, 1.165) is 5.56 Å². The van der Waals surface area contributed by atoms with E-state index in [9.17, 15) is 9.90 Å². The molecule has 3 nitrogen and oxygen atoms in total. The van der Waals surface area contributed by atoms with Crippen LogP contribution < -0.4 is 0 Å². The molecule has 0 spiro atoms. The van der Waals surface area contributed by atoms with Crippen molar-refractivity contribution in [2.24, 2.45) is 0 Å². The minimum Gasteiger partial charge on any atom is -0.385 e. The summed E-state index contributed by atoms with van der Waals surface area (Å²) >= 11 is 0. The predicted molar refractivity (Wildman–Crippen MR) is 66.4 cm³/mol. The average Bonchev–Trinajstić information content (AvgIpc) is 2.29. The first-order chi connectivity index (χ1) is 8.03. The van der Waals surface area contributed by atoms with Gasteiger partial charge in [-0.1, -0.05) is 30.3 Å². The van der Waals surface area contributed by atoms with Crippen LogP contribution in [0, 0.1) is 0 Å². The fourth-order valence-electron chi connectivity index (χ4n) is 2.71. The van der Waals surface area contributed by atoms with E-state index in [1.54, 1.807) is 6.92 Å².